The number of fused-ring (bicyclic) bond motifs is 3. The molecular weight excluding hydrogens is 342 g/mol. The van der Waals surface area contributed by atoms with Crippen LogP contribution >= 0.6 is 0 Å². The third-order valence-electron chi connectivity index (χ3n) is 5.29. The Kier molecular flexibility index (Phi) is 4.94. The average Bonchev–Trinajstić information content (AvgIpc) is 3.08. The highest BCUT2D eigenvalue weighted by Gasteiger charge is 2.24. The van der Waals surface area contributed by atoms with Gasteiger partial charge in [0.25, 0.3) is 0 Å². The Hall–Kier alpha value is -2.67. The van der Waals surface area contributed by atoms with Crippen molar-refractivity contribution in [3.8, 4) is 0 Å². The number of carbonyl (C=O) groups excluding carboxylic acids is 1. The molecule has 1 amide bonds. The fourth-order valence-corrected chi connectivity index (χ4v) is 3.72. The summed E-state index contributed by atoms with van der Waals surface area (Å²) in [4.78, 5) is 27.6. The third-order valence-corrected chi connectivity index (χ3v) is 5.29. The molecule has 1 fully saturated rings. The summed E-state index contributed by atoms with van der Waals surface area (Å²) in [5, 5.41) is 1.01. The molecule has 0 aliphatic carbocycles. The normalized spacial score (nSPS) is 15.6. The van der Waals surface area contributed by atoms with E-state index >= 15 is 0 Å². The van der Waals surface area contributed by atoms with Gasteiger partial charge in [-0.25, -0.2) is 9.97 Å². The Morgan fingerprint density at radius 1 is 1.11 bits per heavy atom. The van der Waals surface area contributed by atoms with E-state index in [1.165, 1.54) is 0 Å². The number of anilines is 1. The molecule has 0 atom stereocenters. The number of rotatable bonds is 5. The Labute approximate surface area is 158 Å². The average molecular weight is 367 g/mol. The van der Waals surface area contributed by atoms with Crippen molar-refractivity contribution >= 4 is 33.8 Å². The minimum Gasteiger partial charge on any atom is -0.450 e. The van der Waals surface area contributed by atoms with Crippen molar-refractivity contribution in [2.45, 2.75) is 13.8 Å². The smallest absolute Gasteiger partial charge is 0.236 e. The number of para-hydroxylation sites is 1. The molecule has 1 aliphatic heterocycles. The van der Waals surface area contributed by atoms with Gasteiger partial charge in [-0.1, -0.05) is 12.1 Å². The molecular formula is C20H25N5O2. The van der Waals surface area contributed by atoms with Crippen molar-refractivity contribution in [2.75, 3.05) is 50.7 Å². The van der Waals surface area contributed by atoms with Crippen LogP contribution in [-0.2, 0) is 4.79 Å². The first-order valence-corrected chi connectivity index (χ1v) is 9.58. The maximum absolute atomic E-state index is 12.3. The summed E-state index contributed by atoms with van der Waals surface area (Å²) < 4.78 is 6.05. The Morgan fingerprint density at radius 2 is 1.85 bits per heavy atom. The van der Waals surface area contributed by atoms with Gasteiger partial charge in [-0.2, -0.15) is 0 Å². The molecule has 0 saturated carbocycles. The molecule has 7 heteroatoms. The number of likely N-dealkylation sites (N-methyl/N-ethyl adjacent to an activating group) is 1. The second-order valence-electron chi connectivity index (χ2n) is 6.80. The predicted molar refractivity (Wildman–Crippen MR) is 106 cm³/mol. The quantitative estimate of drug-likeness (QED) is 0.690. The minimum absolute atomic E-state index is 0.204. The highest BCUT2D eigenvalue weighted by Crippen LogP contribution is 2.32. The van der Waals surface area contributed by atoms with Gasteiger partial charge >= 0.3 is 0 Å². The number of furan rings is 1. The highest BCUT2D eigenvalue weighted by atomic mass is 16.3. The van der Waals surface area contributed by atoms with Gasteiger partial charge in [-0.05, 0) is 26.0 Å². The second kappa shape index (κ2) is 7.52. The maximum atomic E-state index is 12.3. The highest BCUT2D eigenvalue weighted by molar-refractivity contribution is 6.05. The molecule has 4 rings (SSSR count). The van der Waals surface area contributed by atoms with Gasteiger partial charge in [0.15, 0.2) is 11.4 Å². The Balaban J connectivity index is 1.49. The summed E-state index contributed by atoms with van der Waals surface area (Å²) in [6, 6.07) is 7.93. The van der Waals surface area contributed by atoms with E-state index in [2.05, 4.69) is 19.8 Å². The lowest BCUT2D eigenvalue weighted by atomic mass is 10.2. The summed E-state index contributed by atoms with van der Waals surface area (Å²) in [6.45, 7) is 9.35. The largest absolute Gasteiger partial charge is 0.450 e. The number of amides is 1. The van der Waals surface area contributed by atoms with Crippen LogP contribution in [0.1, 0.15) is 13.8 Å². The SMILES string of the molecule is CCN(CC)C(=O)CN1CCN(c2ncnc3c2oc2ccccc23)CC1. The molecule has 0 radical (unpaired) electrons. The molecule has 1 aromatic carbocycles. The van der Waals surface area contributed by atoms with Gasteiger partial charge < -0.3 is 14.2 Å². The van der Waals surface area contributed by atoms with E-state index in [0.29, 0.717) is 6.54 Å². The second-order valence-corrected chi connectivity index (χ2v) is 6.80. The fourth-order valence-electron chi connectivity index (χ4n) is 3.72. The Morgan fingerprint density at radius 3 is 2.59 bits per heavy atom. The third kappa shape index (κ3) is 3.35. The van der Waals surface area contributed by atoms with Crippen LogP contribution in [-0.4, -0.2) is 71.5 Å². The lowest BCUT2D eigenvalue weighted by Crippen LogP contribution is -2.50. The number of benzene rings is 1. The fraction of sp³-hybridized carbons (Fsp3) is 0.450. The van der Waals surface area contributed by atoms with Gasteiger partial charge in [-0.3, -0.25) is 9.69 Å². The van der Waals surface area contributed by atoms with Crippen molar-refractivity contribution in [1.82, 2.24) is 19.8 Å². The van der Waals surface area contributed by atoms with Gasteiger partial charge in [0.1, 0.15) is 17.4 Å². The van der Waals surface area contributed by atoms with Crippen LogP contribution in [0.2, 0.25) is 0 Å². The molecule has 0 bridgehead atoms. The van der Waals surface area contributed by atoms with E-state index in [4.69, 9.17) is 4.42 Å². The monoisotopic (exact) mass is 367 g/mol. The molecule has 27 heavy (non-hydrogen) atoms. The number of aromatic nitrogens is 2. The minimum atomic E-state index is 0.204. The van der Waals surface area contributed by atoms with Crippen LogP contribution in [0.25, 0.3) is 22.1 Å². The Bertz CT molecular complexity index is 942. The molecule has 3 aromatic rings. The first-order valence-electron chi connectivity index (χ1n) is 9.58. The van der Waals surface area contributed by atoms with Gasteiger partial charge in [0, 0.05) is 44.7 Å². The van der Waals surface area contributed by atoms with E-state index in [0.717, 1.165) is 67.2 Å². The number of carbonyl (C=O) groups is 1. The number of hydrogen-bond acceptors (Lipinski definition) is 6. The molecule has 7 nitrogen and oxygen atoms in total. The zero-order valence-corrected chi connectivity index (χ0v) is 15.9. The number of nitrogens with zero attached hydrogens (tertiary/aromatic N) is 5. The standard InChI is InChI=1S/C20H25N5O2/c1-3-24(4-2)17(26)13-23-9-11-25(12-10-23)20-19-18(21-14-22-20)15-7-5-6-8-16(15)27-19/h5-8,14H,3-4,9-13H2,1-2H3. The number of hydrogen-bond donors (Lipinski definition) is 0. The molecule has 0 unspecified atom stereocenters. The first-order chi connectivity index (χ1) is 13.2. The van der Waals surface area contributed by atoms with Crippen LogP contribution < -0.4 is 4.90 Å². The van der Waals surface area contributed by atoms with Gasteiger partial charge in [0.2, 0.25) is 5.91 Å². The number of piperazine rings is 1. The summed E-state index contributed by atoms with van der Waals surface area (Å²) in [7, 11) is 0. The van der Waals surface area contributed by atoms with Crippen molar-refractivity contribution in [3.63, 3.8) is 0 Å². The van der Waals surface area contributed by atoms with Crippen LogP contribution in [0, 0.1) is 0 Å². The molecule has 1 aliphatic rings. The van der Waals surface area contributed by atoms with Crippen LogP contribution in [0.5, 0.6) is 0 Å². The van der Waals surface area contributed by atoms with E-state index in [1.807, 2.05) is 43.0 Å². The molecule has 0 N–H and O–H groups in total. The van der Waals surface area contributed by atoms with Crippen molar-refractivity contribution in [1.29, 1.82) is 0 Å². The van der Waals surface area contributed by atoms with E-state index in [9.17, 15) is 4.79 Å². The molecule has 1 saturated heterocycles. The van der Waals surface area contributed by atoms with Gasteiger partial charge in [0.05, 0.1) is 6.54 Å². The zero-order valence-electron chi connectivity index (χ0n) is 15.9. The summed E-state index contributed by atoms with van der Waals surface area (Å²) in [6.07, 6.45) is 1.61. The molecule has 0 spiro atoms. The van der Waals surface area contributed by atoms with Crippen molar-refractivity contribution < 1.29 is 9.21 Å². The first kappa shape index (κ1) is 17.7. The topological polar surface area (TPSA) is 65.7 Å². The molecule has 2 aromatic heterocycles. The van der Waals surface area contributed by atoms with Crippen molar-refractivity contribution in [2.24, 2.45) is 0 Å². The zero-order chi connectivity index (χ0) is 18.8. The molecule has 3 heterocycles. The summed E-state index contributed by atoms with van der Waals surface area (Å²) in [5.41, 5.74) is 2.43. The van der Waals surface area contributed by atoms with E-state index in [1.54, 1.807) is 6.33 Å². The van der Waals surface area contributed by atoms with Gasteiger partial charge in [-0.15, -0.1) is 0 Å². The van der Waals surface area contributed by atoms with Crippen LogP contribution in [0.3, 0.4) is 0 Å². The lowest BCUT2D eigenvalue weighted by molar-refractivity contribution is -0.132. The van der Waals surface area contributed by atoms with Crippen molar-refractivity contribution in [3.05, 3.63) is 30.6 Å². The summed E-state index contributed by atoms with van der Waals surface area (Å²) in [5.74, 6) is 1.04. The lowest BCUT2D eigenvalue weighted by Gasteiger charge is -2.35. The van der Waals surface area contributed by atoms with Crippen LogP contribution in [0.15, 0.2) is 35.0 Å². The summed E-state index contributed by atoms with van der Waals surface area (Å²) >= 11 is 0. The van der Waals surface area contributed by atoms with E-state index < -0.39 is 0 Å². The maximum Gasteiger partial charge on any atom is 0.236 e. The predicted octanol–water partition coefficient (Wildman–Crippen LogP) is 2.37. The van der Waals surface area contributed by atoms with E-state index in [-0.39, 0.29) is 5.91 Å². The molecule has 142 valence electrons. The van der Waals surface area contributed by atoms with Crippen LogP contribution in [0.4, 0.5) is 5.82 Å².